The molecule has 2 aliphatic rings. The summed E-state index contributed by atoms with van der Waals surface area (Å²) in [5.74, 6) is -0.830. The maximum absolute atomic E-state index is 12.5. The Hall–Kier alpha value is -2.75. The van der Waals surface area contributed by atoms with Gasteiger partial charge in [0.25, 0.3) is 0 Å². The van der Waals surface area contributed by atoms with Gasteiger partial charge in [-0.2, -0.15) is 0 Å². The van der Waals surface area contributed by atoms with Crippen LogP contribution in [-0.2, 0) is 19.0 Å². The van der Waals surface area contributed by atoms with Crippen molar-refractivity contribution in [3.8, 4) is 11.3 Å². The minimum atomic E-state index is -0.777. The van der Waals surface area contributed by atoms with Crippen LogP contribution in [0.2, 0.25) is 0 Å². The number of nitrogens with one attached hydrogen (secondary N) is 1. The van der Waals surface area contributed by atoms with E-state index in [2.05, 4.69) is 10.3 Å². The Morgan fingerprint density at radius 2 is 1.94 bits per heavy atom. The first-order valence-corrected chi connectivity index (χ1v) is 12.1. The number of thioether (sulfide) groups is 1. The number of esters is 1. The van der Waals surface area contributed by atoms with Crippen molar-refractivity contribution < 1.29 is 19.0 Å². The van der Waals surface area contributed by atoms with Gasteiger partial charge in [0.2, 0.25) is 0 Å². The van der Waals surface area contributed by atoms with Gasteiger partial charge < -0.3 is 19.5 Å². The van der Waals surface area contributed by atoms with Crippen molar-refractivity contribution in [2.24, 2.45) is 5.92 Å². The molecule has 2 aromatic heterocycles. The summed E-state index contributed by atoms with van der Waals surface area (Å²) in [4.78, 5) is 26.5. The van der Waals surface area contributed by atoms with Gasteiger partial charge in [0.15, 0.2) is 10.9 Å². The maximum Gasteiger partial charge on any atom is 0.311 e. The van der Waals surface area contributed by atoms with Crippen LogP contribution in [-0.4, -0.2) is 58.3 Å². The molecule has 3 heterocycles. The van der Waals surface area contributed by atoms with Crippen LogP contribution in [0, 0.1) is 5.92 Å². The SMILES string of the molecule is COC(=O)C1CC(Nc2nc(SC)ncc2-c2ccc3ccccc3n2)C2OC(C)(C)OC12. The number of ether oxygens (including phenoxy) is 3. The minimum Gasteiger partial charge on any atom is -0.469 e. The van der Waals surface area contributed by atoms with E-state index in [1.807, 2.05) is 56.5 Å². The number of aromatic nitrogens is 3. The molecular weight excluding hydrogens is 440 g/mol. The van der Waals surface area contributed by atoms with Gasteiger partial charge in [-0.15, -0.1) is 0 Å². The van der Waals surface area contributed by atoms with Crippen molar-refractivity contribution in [2.45, 2.75) is 49.5 Å². The number of carbonyl (C=O) groups is 1. The van der Waals surface area contributed by atoms with Gasteiger partial charge in [0.1, 0.15) is 18.0 Å². The first-order chi connectivity index (χ1) is 15.9. The third-order valence-corrected chi connectivity index (χ3v) is 6.68. The number of benzene rings is 1. The van der Waals surface area contributed by atoms with Crippen molar-refractivity contribution in [3.63, 3.8) is 0 Å². The number of nitrogens with zero attached hydrogens (tertiary/aromatic N) is 3. The van der Waals surface area contributed by atoms with E-state index < -0.39 is 11.7 Å². The van der Waals surface area contributed by atoms with Crippen LogP contribution in [0.5, 0.6) is 0 Å². The lowest BCUT2D eigenvalue weighted by Gasteiger charge is -2.24. The summed E-state index contributed by atoms with van der Waals surface area (Å²) in [6.07, 6.45) is 3.55. The van der Waals surface area contributed by atoms with Gasteiger partial charge in [-0.05, 0) is 38.7 Å². The number of rotatable bonds is 5. The fourth-order valence-corrected chi connectivity index (χ4v) is 5.00. The van der Waals surface area contributed by atoms with Crippen LogP contribution in [0.1, 0.15) is 20.3 Å². The average Bonchev–Trinajstić information content (AvgIpc) is 3.31. The highest BCUT2D eigenvalue weighted by Crippen LogP contribution is 2.43. The summed E-state index contributed by atoms with van der Waals surface area (Å²) >= 11 is 1.46. The molecule has 1 N–H and O–H groups in total. The second-order valence-corrected chi connectivity index (χ2v) is 9.46. The second kappa shape index (κ2) is 8.55. The number of pyridine rings is 1. The van der Waals surface area contributed by atoms with Crippen LogP contribution < -0.4 is 5.32 Å². The van der Waals surface area contributed by atoms with E-state index >= 15 is 0 Å². The molecule has 0 spiro atoms. The van der Waals surface area contributed by atoms with E-state index in [1.54, 1.807) is 6.20 Å². The molecule has 9 heteroatoms. The van der Waals surface area contributed by atoms with Gasteiger partial charge in [0.05, 0.1) is 35.8 Å². The Balaban J connectivity index is 1.51. The largest absolute Gasteiger partial charge is 0.469 e. The predicted octanol–water partition coefficient (Wildman–Crippen LogP) is 3.91. The number of fused-ring (bicyclic) bond motifs is 2. The van der Waals surface area contributed by atoms with Gasteiger partial charge in [-0.25, -0.2) is 15.0 Å². The highest BCUT2D eigenvalue weighted by Gasteiger charge is 2.56. The van der Waals surface area contributed by atoms with Crippen LogP contribution in [0.4, 0.5) is 5.82 Å². The smallest absolute Gasteiger partial charge is 0.311 e. The Bertz CT molecular complexity index is 1200. The topological polar surface area (TPSA) is 95.5 Å². The maximum atomic E-state index is 12.5. The van der Waals surface area contributed by atoms with Crippen LogP contribution in [0.25, 0.3) is 22.2 Å². The molecule has 172 valence electrons. The first-order valence-electron chi connectivity index (χ1n) is 10.9. The molecule has 0 bridgehead atoms. The Morgan fingerprint density at radius 1 is 1.15 bits per heavy atom. The average molecular weight is 467 g/mol. The standard InChI is InChI=1S/C24H26N4O4S/c1-24(2)31-19-14(22(29)30-3)11-18(20(19)32-24)27-21-15(12-25-23(28-21)33-4)17-10-9-13-7-5-6-8-16(13)26-17/h5-10,12,14,18-20H,11H2,1-4H3,(H,25,27,28). The lowest BCUT2D eigenvalue weighted by Crippen LogP contribution is -2.35. The molecule has 0 radical (unpaired) electrons. The molecule has 4 unspecified atom stereocenters. The molecule has 8 nitrogen and oxygen atoms in total. The zero-order valence-corrected chi connectivity index (χ0v) is 19.8. The number of anilines is 1. The second-order valence-electron chi connectivity index (χ2n) is 8.69. The Labute approximate surface area is 196 Å². The first kappa shape index (κ1) is 22.1. The number of hydrogen-bond acceptors (Lipinski definition) is 9. The molecule has 4 atom stereocenters. The van der Waals surface area contributed by atoms with Crippen molar-refractivity contribution in [2.75, 3.05) is 18.7 Å². The van der Waals surface area contributed by atoms with Gasteiger partial charge in [-0.1, -0.05) is 36.0 Å². The summed E-state index contributed by atoms with van der Waals surface area (Å²) in [6, 6.07) is 11.8. The predicted molar refractivity (Wildman–Crippen MR) is 126 cm³/mol. The normalized spacial score (nSPS) is 25.7. The van der Waals surface area contributed by atoms with Crippen molar-refractivity contribution in [1.82, 2.24) is 15.0 Å². The third kappa shape index (κ3) is 4.16. The van der Waals surface area contributed by atoms with E-state index in [-0.39, 0.29) is 24.2 Å². The molecule has 0 amide bonds. The molecule has 1 aliphatic carbocycles. The summed E-state index contributed by atoms with van der Waals surface area (Å²) in [6.45, 7) is 3.72. The van der Waals surface area contributed by atoms with E-state index in [0.29, 0.717) is 17.4 Å². The van der Waals surface area contributed by atoms with E-state index in [0.717, 1.165) is 22.2 Å². The molecule has 1 saturated carbocycles. The highest BCUT2D eigenvalue weighted by molar-refractivity contribution is 7.98. The lowest BCUT2D eigenvalue weighted by molar-refractivity contribution is -0.167. The van der Waals surface area contributed by atoms with Crippen molar-refractivity contribution in [3.05, 3.63) is 42.6 Å². The summed E-state index contributed by atoms with van der Waals surface area (Å²) in [5, 5.41) is 5.24. The van der Waals surface area contributed by atoms with Gasteiger partial charge in [0, 0.05) is 11.6 Å². The van der Waals surface area contributed by atoms with Crippen LogP contribution in [0.15, 0.2) is 47.8 Å². The number of para-hydroxylation sites is 1. The molecule has 1 aromatic carbocycles. The molecule has 2 fully saturated rings. The monoisotopic (exact) mass is 466 g/mol. The van der Waals surface area contributed by atoms with Crippen LogP contribution >= 0.6 is 11.8 Å². The quantitative estimate of drug-likeness (QED) is 0.341. The summed E-state index contributed by atoms with van der Waals surface area (Å²) < 4.78 is 17.3. The minimum absolute atomic E-state index is 0.190. The van der Waals surface area contributed by atoms with Crippen LogP contribution in [0.3, 0.4) is 0 Å². The van der Waals surface area contributed by atoms with E-state index in [9.17, 15) is 4.79 Å². The highest BCUT2D eigenvalue weighted by atomic mass is 32.2. The molecule has 1 aliphatic heterocycles. The fraction of sp³-hybridized carbons (Fsp3) is 0.417. The summed E-state index contributed by atoms with van der Waals surface area (Å²) in [7, 11) is 1.40. The molecule has 5 rings (SSSR count). The Morgan fingerprint density at radius 3 is 2.73 bits per heavy atom. The van der Waals surface area contributed by atoms with Crippen molar-refractivity contribution in [1.29, 1.82) is 0 Å². The molecule has 33 heavy (non-hydrogen) atoms. The molecule has 1 saturated heterocycles. The zero-order valence-electron chi connectivity index (χ0n) is 18.9. The number of methoxy groups -OCH3 is 1. The third-order valence-electron chi connectivity index (χ3n) is 6.11. The van der Waals surface area contributed by atoms with E-state index in [4.69, 9.17) is 24.2 Å². The van der Waals surface area contributed by atoms with E-state index in [1.165, 1.54) is 18.9 Å². The molecule has 3 aromatic rings. The number of hydrogen-bond donors (Lipinski definition) is 1. The zero-order chi connectivity index (χ0) is 23.2. The van der Waals surface area contributed by atoms with Crippen molar-refractivity contribution >= 4 is 34.5 Å². The lowest BCUT2D eigenvalue weighted by atomic mass is 10.1. The van der Waals surface area contributed by atoms with Gasteiger partial charge in [-0.3, -0.25) is 4.79 Å². The molecular formula is C24H26N4O4S. The Kier molecular flexibility index (Phi) is 5.72. The fourth-order valence-electron chi connectivity index (χ4n) is 4.66. The number of carbonyl (C=O) groups excluding carboxylic acids is 1. The van der Waals surface area contributed by atoms with Gasteiger partial charge >= 0.3 is 5.97 Å². The summed E-state index contributed by atoms with van der Waals surface area (Å²) in [5.41, 5.74) is 2.46.